The molecule has 1 N–H and O–H groups in total. The maximum atomic E-state index is 13.2. The molecule has 4 rings (SSSR count). The summed E-state index contributed by atoms with van der Waals surface area (Å²) in [4.78, 5) is 15.1. The van der Waals surface area contributed by atoms with Crippen molar-refractivity contribution in [1.82, 2.24) is 15.4 Å². The Morgan fingerprint density at radius 2 is 1.92 bits per heavy atom. The number of rotatable bonds is 2. The standard InChI is InChI=1S/C19H21Cl2N3O2/c1-12-15(17(23-26-12)16-13(20)3-2-4-14(16)21)18(25)24-9-6-19(7-10-24)5-8-22-11-19/h2-4,22H,5-11H2,1H3. The lowest BCUT2D eigenvalue weighted by Crippen LogP contribution is -2.44. The van der Waals surface area contributed by atoms with Gasteiger partial charge in [-0.05, 0) is 50.3 Å². The van der Waals surface area contributed by atoms with Crippen LogP contribution >= 0.6 is 23.2 Å². The van der Waals surface area contributed by atoms with E-state index < -0.39 is 0 Å². The van der Waals surface area contributed by atoms with Crippen molar-refractivity contribution in [2.24, 2.45) is 5.41 Å². The van der Waals surface area contributed by atoms with Crippen LogP contribution in [0.5, 0.6) is 0 Å². The summed E-state index contributed by atoms with van der Waals surface area (Å²) in [5.74, 6) is 0.430. The Kier molecular flexibility index (Phi) is 4.71. The highest BCUT2D eigenvalue weighted by Crippen LogP contribution is 2.40. The summed E-state index contributed by atoms with van der Waals surface area (Å²) in [5.41, 5.74) is 1.78. The van der Waals surface area contributed by atoms with Gasteiger partial charge >= 0.3 is 0 Å². The second-order valence-electron chi connectivity index (χ2n) is 7.28. The fraction of sp³-hybridized carbons (Fsp3) is 0.474. The average Bonchev–Trinajstić information content (AvgIpc) is 3.22. The fourth-order valence-electron chi connectivity index (χ4n) is 4.08. The van der Waals surface area contributed by atoms with Gasteiger partial charge < -0.3 is 14.7 Å². The first kappa shape index (κ1) is 17.8. The summed E-state index contributed by atoms with van der Waals surface area (Å²) in [7, 11) is 0. The van der Waals surface area contributed by atoms with E-state index in [1.807, 2.05) is 4.90 Å². The van der Waals surface area contributed by atoms with Crippen LogP contribution < -0.4 is 5.32 Å². The number of hydrogen-bond acceptors (Lipinski definition) is 4. The predicted octanol–water partition coefficient (Wildman–Crippen LogP) is 4.17. The number of nitrogens with one attached hydrogen (secondary N) is 1. The first-order valence-electron chi connectivity index (χ1n) is 8.91. The van der Waals surface area contributed by atoms with Gasteiger partial charge in [-0.3, -0.25) is 4.79 Å². The lowest BCUT2D eigenvalue weighted by Gasteiger charge is -2.38. The molecule has 1 spiro atoms. The van der Waals surface area contributed by atoms with Crippen LogP contribution in [0.3, 0.4) is 0 Å². The van der Waals surface area contributed by atoms with Crippen LogP contribution in [0, 0.1) is 12.3 Å². The molecule has 2 fully saturated rings. The number of benzene rings is 1. The van der Waals surface area contributed by atoms with E-state index in [0.717, 1.165) is 39.0 Å². The second-order valence-corrected chi connectivity index (χ2v) is 8.09. The molecule has 2 saturated heterocycles. The number of aryl methyl sites for hydroxylation is 1. The first-order chi connectivity index (χ1) is 12.5. The minimum absolute atomic E-state index is 0.0597. The number of hydrogen-bond donors (Lipinski definition) is 1. The summed E-state index contributed by atoms with van der Waals surface area (Å²) >= 11 is 12.6. The third-order valence-electron chi connectivity index (χ3n) is 5.72. The molecule has 1 aromatic carbocycles. The highest BCUT2D eigenvalue weighted by Gasteiger charge is 2.39. The van der Waals surface area contributed by atoms with Crippen molar-refractivity contribution in [3.63, 3.8) is 0 Å². The maximum absolute atomic E-state index is 13.2. The third kappa shape index (κ3) is 3.02. The minimum Gasteiger partial charge on any atom is -0.360 e. The van der Waals surface area contributed by atoms with Crippen molar-refractivity contribution in [1.29, 1.82) is 0 Å². The summed E-state index contributed by atoms with van der Waals surface area (Å²) in [5, 5.41) is 8.45. The molecule has 2 aliphatic rings. The van der Waals surface area contributed by atoms with E-state index in [9.17, 15) is 4.79 Å². The average molecular weight is 394 g/mol. The van der Waals surface area contributed by atoms with E-state index >= 15 is 0 Å². The Balaban J connectivity index is 1.62. The topological polar surface area (TPSA) is 58.4 Å². The van der Waals surface area contributed by atoms with E-state index in [0.29, 0.717) is 38.0 Å². The lowest BCUT2D eigenvalue weighted by molar-refractivity contribution is 0.0606. The molecule has 7 heteroatoms. The SMILES string of the molecule is Cc1onc(-c2c(Cl)cccc2Cl)c1C(=O)N1CCC2(CCNC2)CC1. The molecule has 3 heterocycles. The van der Waals surface area contributed by atoms with Gasteiger partial charge in [0.2, 0.25) is 0 Å². The third-order valence-corrected chi connectivity index (χ3v) is 6.35. The van der Waals surface area contributed by atoms with Crippen LogP contribution in [0.15, 0.2) is 22.7 Å². The van der Waals surface area contributed by atoms with Gasteiger partial charge in [0.1, 0.15) is 17.0 Å². The summed E-state index contributed by atoms with van der Waals surface area (Å²) < 4.78 is 5.34. The number of halogens is 2. The maximum Gasteiger partial charge on any atom is 0.259 e. The highest BCUT2D eigenvalue weighted by molar-refractivity contribution is 6.39. The van der Waals surface area contributed by atoms with Gasteiger partial charge in [-0.15, -0.1) is 0 Å². The van der Waals surface area contributed by atoms with Crippen molar-refractivity contribution in [2.75, 3.05) is 26.2 Å². The van der Waals surface area contributed by atoms with Gasteiger partial charge in [-0.1, -0.05) is 34.4 Å². The Morgan fingerprint density at radius 1 is 1.23 bits per heavy atom. The van der Waals surface area contributed by atoms with Crippen molar-refractivity contribution in [3.8, 4) is 11.3 Å². The molecule has 0 unspecified atom stereocenters. The molecule has 26 heavy (non-hydrogen) atoms. The van der Waals surface area contributed by atoms with Gasteiger partial charge in [0, 0.05) is 25.2 Å². The largest absolute Gasteiger partial charge is 0.360 e. The molecule has 0 saturated carbocycles. The summed E-state index contributed by atoms with van der Waals surface area (Å²) in [6.45, 7) is 5.39. The van der Waals surface area contributed by atoms with Crippen molar-refractivity contribution in [2.45, 2.75) is 26.2 Å². The van der Waals surface area contributed by atoms with Crippen LogP contribution in [0.2, 0.25) is 10.0 Å². The summed E-state index contributed by atoms with van der Waals surface area (Å²) in [6.07, 6.45) is 3.25. The zero-order chi connectivity index (χ0) is 18.3. The molecule has 2 aromatic rings. The normalized spacial score (nSPS) is 19.3. The Labute approximate surface area is 162 Å². The summed E-state index contributed by atoms with van der Waals surface area (Å²) in [6, 6.07) is 5.24. The molecule has 0 aliphatic carbocycles. The fourth-order valence-corrected chi connectivity index (χ4v) is 4.66. The monoisotopic (exact) mass is 393 g/mol. The molecule has 0 bridgehead atoms. The van der Waals surface area contributed by atoms with Gasteiger partial charge in [-0.2, -0.15) is 0 Å². The molecule has 0 radical (unpaired) electrons. The molecule has 1 amide bonds. The van der Waals surface area contributed by atoms with Crippen molar-refractivity contribution in [3.05, 3.63) is 39.6 Å². The number of likely N-dealkylation sites (tertiary alicyclic amines) is 1. The van der Waals surface area contributed by atoms with E-state index in [1.165, 1.54) is 6.42 Å². The molecule has 0 atom stereocenters. The number of amides is 1. The molecule has 2 aliphatic heterocycles. The number of piperidine rings is 1. The first-order valence-corrected chi connectivity index (χ1v) is 9.67. The van der Waals surface area contributed by atoms with Gasteiger partial charge in [0.15, 0.2) is 0 Å². The van der Waals surface area contributed by atoms with Crippen LogP contribution in [0.1, 0.15) is 35.4 Å². The smallest absolute Gasteiger partial charge is 0.259 e. The minimum atomic E-state index is -0.0597. The quantitative estimate of drug-likeness (QED) is 0.831. The van der Waals surface area contributed by atoms with Crippen LogP contribution in [-0.4, -0.2) is 42.1 Å². The van der Waals surface area contributed by atoms with Crippen LogP contribution in [-0.2, 0) is 0 Å². The predicted molar refractivity (Wildman–Crippen MR) is 102 cm³/mol. The Hall–Kier alpha value is -1.56. The zero-order valence-electron chi connectivity index (χ0n) is 14.6. The molecular weight excluding hydrogens is 373 g/mol. The molecule has 5 nitrogen and oxygen atoms in total. The Bertz CT molecular complexity index is 813. The zero-order valence-corrected chi connectivity index (χ0v) is 16.2. The molecular formula is C19H21Cl2N3O2. The van der Waals surface area contributed by atoms with Crippen molar-refractivity contribution < 1.29 is 9.32 Å². The van der Waals surface area contributed by atoms with Gasteiger partial charge in [0.25, 0.3) is 5.91 Å². The highest BCUT2D eigenvalue weighted by atomic mass is 35.5. The van der Waals surface area contributed by atoms with E-state index in [4.69, 9.17) is 27.7 Å². The number of nitrogens with zero attached hydrogens (tertiary/aromatic N) is 2. The number of carbonyl (C=O) groups excluding carboxylic acids is 1. The number of aromatic nitrogens is 1. The van der Waals surface area contributed by atoms with Gasteiger partial charge in [0.05, 0.1) is 10.0 Å². The number of carbonyl (C=O) groups is 1. The van der Waals surface area contributed by atoms with Crippen LogP contribution in [0.4, 0.5) is 0 Å². The van der Waals surface area contributed by atoms with Gasteiger partial charge in [-0.25, -0.2) is 0 Å². The van der Waals surface area contributed by atoms with Crippen molar-refractivity contribution >= 4 is 29.1 Å². The van der Waals surface area contributed by atoms with Crippen LogP contribution in [0.25, 0.3) is 11.3 Å². The lowest BCUT2D eigenvalue weighted by atomic mass is 9.77. The molecule has 1 aromatic heterocycles. The Morgan fingerprint density at radius 3 is 2.54 bits per heavy atom. The molecule has 138 valence electrons. The van der Waals surface area contributed by atoms with E-state index in [1.54, 1.807) is 25.1 Å². The second kappa shape index (κ2) is 6.87. The van der Waals surface area contributed by atoms with E-state index in [-0.39, 0.29) is 5.91 Å². The van der Waals surface area contributed by atoms with E-state index in [2.05, 4.69) is 10.5 Å².